The van der Waals surface area contributed by atoms with Gasteiger partial charge in [-0.3, -0.25) is 4.79 Å². The van der Waals surface area contributed by atoms with Gasteiger partial charge >= 0.3 is 0 Å². The maximum Gasteiger partial charge on any atom is 0.249 e. The molecule has 0 saturated carbocycles. The molecular weight excluding hydrogens is 186 g/mol. The van der Waals surface area contributed by atoms with Crippen molar-refractivity contribution in [1.82, 2.24) is 5.32 Å². The van der Waals surface area contributed by atoms with Crippen molar-refractivity contribution in [2.45, 2.75) is 26.4 Å². The molecule has 0 aromatic heterocycles. The van der Waals surface area contributed by atoms with Crippen LogP contribution in [0.5, 0.6) is 0 Å². The summed E-state index contributed by atoms with van der Waals surface area (Å²) in [7, 11) is 0. The fraction of sp³-hybridized carbons (Fsp3) is 0.889. The summed E-state index contributed by atoms with van der Waals surface area (Å²) in [4.78, 5) is 11.3. The van der Waals surface area contributed by atoms with Gasteiger partial charge in [-0.2, -0.15) is 0 Å². The van der Waals surface area contributed by atoms with Crippen molar-refractivity contribution in [2.24, 2.45) is 5.41 Å². The number of hydrogen-bond acceptors (Lipinski definition) is 4. The van der Waals surface area contributed by atoms with Crippen molar-refractivity contribution in [3.8, 4) is 0 Å². The number of carbonyl (C=O) groups excluding carboxylic acids is 1. The predicted octanol–water partition coefficient (Wildman–Crippen LogP) is -1.14. The zero-order valence-electron chi connectivity index (χ0n) is 9.53. The lowest BCUT2D eigenvalue weighted by molar-refractivity contribution is -0.137. The molecule has 2 atom stereocenters. The van der Waals surface area contributed by atoms with Crippen molar-refractivity contribution in [3.63, 3.8) is 0 Å². The van der Waals surface area contributed by atoms with Crippen LogP contribution in [0.25, 0.3) is 0 Å². The minimum Gasteiger partial charge on any atom is -0.396 e. The molecule has 1 amide bonds. The molecule has 0 radical (unpaired) electrons. The van der Waals surface area contributed by atoms with Crippen LogP contribution in [0.3, 0.4) is 0 Å². The molecule has 0 rings (SSSR count). The smallest absolute Gasteiger partial charge is 0.249 e. The van der Waals surface area contributed by atoms with Crippen molar-refractivity contribution in [3.05, 3.63) is 0 Å². The molecule has 0 aliphatic carbocycles. The van der Waals surface area contributed by atoms with E-state index in [1.807, 2.05) is 0 Å². The zero-order chi connectivity index (χ0) is 12.1. The molecule has 1 unspecified atom stereocenters. The topological polar surface area (TPSA) is 89.8 Å². The van der Waals surface area contributed by atoms with Crippen LogP contribution in [0.1, 0.15) is 21.6 Å². The van der Waals surface area contributed by atoms with E-state index in [0.717, 1.165) is 0 Å². The highest BCUT2D eigenvalue weighted by Crippen LogP contribution is 2.19. The van der Waals surface area contributed by atoms with E-state index in [-0.39, 0.29) is 19.6 Å². The van der Waals surface area contributed by atoms with Gasteiger partial charge in [0.05, 0.1) is 7.98 Å². The molecule has 0 aromatic rings. The molecule has 0 bridgehead atoms. The molecule has 5 heteroatoms. The summed E-state index contributed by atoms with van der Waals surface area (Å²) in [5.74, 6) is -0.602. The normalized spacial score (nSPS) is 17.1. The number of carbonyl (C=O) groups is 1. The number of aliphatic hydroxyl groups is 3. The molecule has 0 heterocycles. The first-order valence-electron chi connectivity index (χ1n) is 5.06. The van der Waals surface area contributed by atoms with E-state index in [4.69, 9.17) is 11.6 Å². The minimum atomic E-state index is -1.30. The van der Waals surface area contributed by atoms with E-state index < -0.39 is 24.0 Å². The summed E-state index contributed by atoms with van der Waals surface area (Å²) in [6.45, 7) is 1.73. The first-order chi connectivity index (χ1) is 6.81. The Morgan fingerprint density at radius 3 is 2.57 bits per heavy atom. The molecule has 5 nitrogen and oxygen atoms in total. The van der Waals surface area contributed by atoms with Gasteiger partial charge in [0, 0.05) is 18.5 Å². The fourth-order valence-electron chi connectivity index (χ4n) is 0.798. The van der Waals surface area contributed by atoms with Gasteiger partial charge in [0.15, 0.2) is 0 Å². The largest absolute Gasteiger partial charge is 0.396 e. The Morgan fingerprint density at radius 1 is 1.57 bits per heavy atom. The first kappa shape index (κ1) is 11.4. The lowest BCUT2D eigenvalue weighted by atomic mass is 9.87. The summed E-state index contributed by atoms with van der Waals surface area (Å²) in [5, 5.41) is 29.4. The zero-order valence-corrected chi connectivity index (χ0v) is 8.53. The lowest BCUT2D eigenvalue weighted by Gasteiger charge is -2.27. The molecule has 0 aromatic carbocycles. The third kappa shape index (κ3) is 4.04. The van der Waals surface area contributed by atoms with E-state index in [9.17, 15) is 9.90 Å². The van der Waals surface area contributed by atoms with Crippen molar-refractivity contribution in [2.75, 3.05) is 19.7 Å². The van der Waals surface area contributed by atoms with Crippen LogP contribution in [0.15, 0.2) is 0 Å². The van der Waals surface area contributed by atoms with Crippen LogP contribution in [-0.4, -0.2) is 47.1 Å². The SMILES string of the molecule is [2H]C(O)CCNC(=O)[C@H](O)C(C)(C)CO. The van der Waals surface area contributed by atoms with Crippen LogP contribution in [0.4, 0.5) is 0 Å². The molecule has 0 spiro atoms. The summed E-state index contributed by atoms with van der Waals surface area (Å²) < 4.78 is 6.79. The molecule has 4 N–H and O–H groups in total. The lowest BCUT2D eigenvalue weighted by Crippen LogP contribution is -2.45. The standard InChI is InChI=1S/C9H19NO4/c1-9(2,6-12)7(13)8(14)10-4-3-5-11/h7,11-13H,3-6H2,1-2H3,(H,10,14)/t7-/m0/s1/i5D/t5?,7-. The summed E-state index contributed by atoms with van der Waals surface area (Å²) in [5.41, 5.74) is -0.899. The van der Waals surface area contributed by atoms with Gasteiger partial charge in [0.2, 0.25) is 5.91 Å². The Bertz CT molecular complexity index is 208. The van der Waals surface area contributed by atoms with Gasteiger partial charge in [0.1, 0.15) is 6.10 Å². The maximum atomic E-state index is 11.3. The molecule has 0 saturated heterocycles. The van der Waals surface area contributed by atoms with E-state index >= 15 is 0 Å². The minimum absolute atomic E-state index is 0.109. The Kier molecular flexibility index (Phi) is 4.86. The van der Waals surface area contributed by atoms with E-state index in [0.29, 0.717) is 0 Å². The van der Waals surface area contributed by atoms with Gasteiger partial charge < -0.3 is 20.6 Å². The predicted molar refractivity (Wildman–Crippen MR) is 51.6 cm³/mol. The van der Waals surface area contributed by atoms with E-state index in [2.05, 4.69) is 5.32 Å². The van der Waals surface area contributed by atoms with Gasteiger partial charge in [-0.05, 0) is 6.42 Å². The van der Waals surface area contributed by atoms with E-state index in [1.54, 1.807) is 13.8 Å². The van der Waals surface area contributed by atoms with Gasteiger partial charge in [0.25, 0.3) is 0 Å². The van der Waals surface area contributed by atoms with Gasteiger partial charge in [-0.25, -0.2) is 0 Å². The second-order valence-corrected chi connectivity index (χ2v) is 3.81. The summed E-state index contributed by atoms with van der Waals surface area (Å²) in [6, 6.07) is 0. The molecule has 84 valence electrons. The summed E-state index contributed by atoms with van der Waals surface area (Å²) >= 11 is 0. The van der Waals surface area contributed by atoms with Crippen LogP contribution < -0.4 is 5.32 Å². The Balaban J connectivity index is 4.00. The van der Waals surface area contributed by atoms with Gasteiger partial charge in [-0.1, -0.05) is 13.8 Å². The highest BCUT2D eigenvalue weighted by molar-refractivity contribution is 5.81. The van der Waals surface area contributed by atoms with Crippen LogP contribution in [-0.2, 0) is 4.79 Å². The fourth-order valence-corrected chi connectivity index (χ4v) is 0.798. The number of hydrogen-bond donors (Lipinski definition) is 4. The average Bonchev–Trinajstić information content (AvgIpc) is 2.15. The van der Waals surface area contributed by atoms with Crippen LogP contribution in [0.2, 0.25) is 0 Å². The first-order valence-corrected chi connectivity index (χ1v) is 4.48. The number of rotatable bonds is 6. The second-order valence-electron chi connectivity index (χ2n) is 3.81. The molecular formula is C9H19NO4. The Labute approximate surface area is 85.2 Å². The highest BCUT2D eigenvalue weighted by Gasteiger charge is 2.32. The maximum absolute atomic E-state index is 11.3. The monoisotopic (exact) mass is 206 g/mol. The van der Waals surface area contributed by atoms with Gasteiger partial charge in [-0.15, -0.1) is 0 Å². The molecule has 0 aliphatic heterocycles. The third-order valence-electron chi connectivity index (χ3n) is 1.97. The van der Waals surface area contributed by atoms with Crippen LogP contribution in [0, 0.1) is 5.41 Å². The second kappa shape index (κ2) is 5.95. The molecule has 14 heavy (non-hydrogen) atoms. The van der Waals surface area contributed by atoms with Crippen molar-refractivity contribution < 1.29 is 21.5 Å². The number of nitrogens with one attached hydrogen (secondary N) is 1. The Morgan fingerprint density at radius 2 is 2.14 bits per heavy atom. The Hall–Kier alpha value is -0.650. The number of amides is 1. The highest BCUT2D eigenvalue weighted by atomic mass is 16.3. The number of aliphatic hydroxyl groups excluding tert-OH is 3. The molecule has 0 aliphatic rings. The van der Waals surface area contributed by atoms with Crippen LogP contribution >= 0.6 is 0 Å². The summed E-state index contributed by atoms with van der Waals surface area (Å²) in [6.07, 6.45) is -1.19. The third-order valence-corrected chi connectivity index (χ3v) is 1.97. The average molecular weight is 206 g/mol. The van der Waals surface area contributed by atoms with Crippen molar-refractivity contribution >= 4 is 5.91 Å². The quantitative estimate of drug-likeness (QED) is 0.442. The van der Waals surface area contributed by atoms with E-state index in [1.165, 1.54) is 0 Å². The van der Waals surface area contributed by atoms with Crippen molar-refractivity contribution in [1.29, 1.82) is 0 Å². The molecule has 0 fully saturated rings.